The van der Waals surface area contributed by atoms with Crippen molar-refractivity contribution < 1.29 is 0 Å². The molecule has 1 N–H and O–H groups in total. The molecule has 1 saturated heterocycles. The van der Waals surface area contributed by atoms with Gasteiger partial charge in [0.1, 0.15) is 5.82 Å². The number of nitrogens with one attached hydrogen (secondary N) is 1. The fourth-order valence-corrected chi connectivity index (χ4v) is 3.19. The van der Waals surface area contributed by atoms with Crippen LogP contribution in [0.2, 0.25) is 0 Å². The summed E-state index contributed by atoms with van der Waals surface area (Å²) in [6.45, 7) is 7.66. The molecule has 0 spiro atoms. The maximum Gasteiger partial charge on any atom is 0.132 e. The molecule has 24 heavy (non-hydrogen) atoms. The molecule has 2 aromatic rings. The normalized spacial score (nSPS) is 21.1. The molecule has 0 amide bonds. The van der Waals surface area contributed by atoms with Gasteiger partial charge >= 0.3 is 0 Å². The molecular formula is C19H27ClN4. The van der Waals surface area contributed by atoms with E-state index in [0.29, 0.717) is 12.1 Å². The van der Waals surface area contributed by atoms with Crippen LogP contribution in [0.3, 0.4) is 0 Å². The summed E-state index contributed by atoms with van der Waals surface area (Å²) in [6.07, 6.45) is 2.01. The predicted octanol–water partition coefficient (Wildman–Crippen LogP) is 3.45. The summed E-state index contributed by atoms with van der Waals surface area (Å²) in [6, 6.07) is 15.8. The lowest BCUT2D eigenvalue weighted by atomic mass is 10.1. The highest BCUT2D eigenvalue weighted by Gasteiger charge is 2.24. The maximum atomic E-state index is 4.65. The van der Waals surface area contributed by atoms with Gasteiger partial charge in [-0.1, -0.05) is 24.3 Å². The number of anilines is 2. The Balaban J connectivity index is 0.00000208. The van der Waals surface area contributed by atoms with Crippen molar-refractivity contribution in [3.63, 3.8) is 0 Å². The summed E-state index contributed by atoms with van der Waals surface area (Å²) in [5, 5.41) is 3.48. The fraction of sp³-hybridized carbons (Fsp3) is 0.421. The highest BCUT2D eigenvalue weighted by Crippen LogP contribution is 2.22. The largest absolute Gasteiger partial charge is 0.329 e. The van der Waals surface area contributed by atoms with Crippen LogP contribution in [0.15, 0.2) is 48.7 Å². The second-order valence-electron chi connectivity index (χ2n) is 6.45. The standard InChI is InChI=1S/C19H26N4.ClH/c1-15-11-20-12-16(2)23(15)14-17-9-10-19(21-13-17)22(3)18-7-5-4-6-8-18;/h4-10,13,15-16,20H,11-12,14H2,1-3H3;1H/t15-,16+;. The van der Waals surface area contributed by atoms with Crippen molar-refractivity contribution in [2.75, 3.05) is 25.0 Å². The molecule has 1 aromatic heterocycles. The Morgan fingerprint density at radius 3 is 2.33 bits per heavy atom. The number of benzene rings is 1. The summed E-state index contributed by atoms with van der Waals surface area (Å²) in [4.78, 5) is 9.31. The van der Waals surface area contributed by atoms with Gasteiger partial charge in [0.15, 0.2) is 0 Å². The van der Waals surface area contributed by atoms with Crippen molar-refractivity contribution in [1.29, 1.82) is 0 Å². The van der Waals surface area contributed by atoms with Crippen LogP contribution in [0.25, 0.3) is 0 Å². The molecule has 5 heteroatoms. The van der Waals surface area contributed by atoms with Gasteiger partial charge in [0.2, 0.25) is 0 Å². The summed E-state index contributed by atoms with van der Waals surface area (Å²) in [7, 11) is 2.05. The van der Waals surface area contributed by atoms with Crippen LogP contribution in [-0.2, 0) is 6.54 Å². The third-order valence-corrected chi connectivity index (χ3v) is 4.67. The van der Waals surface area contributed by atoms with E-state index >= 15 is 0 Å². The van der Waals surface area contributed by atoms with Crippen molar-refractivity contribution in [3.05, 3.63) is 54.2 Å². The Morgan fingerprint density at radius 1 is 1.08 bits per heavy atom. The first kappa shape index (κ1) is 18.7. The first-order chi connectivity index (χ1) is 11.1. The minimum absolute atomic E-state index is 0. The van der Waals surface area contributed by atoms with Crippen LogP contribution < -0.4 is 10.2 Å². The van der Waals surface area contributed by atoms with Gasteiger partial charge in [-0.3, -0.25) is 4.90 Å². The number of piperazine rings is 1. The topological polar surface area (TPSA) is 31.4 Å². The summed E-state index contributed by atoms with van der Waals surface area (Å²) in [5.74, 6) is 0.973. The van der Waals surface area contributed by atoms with E-state index in [1.54, 1.807) is 0 Å². The second-order valence-corrected chi connectivity index (χ2v) is 6.45. The van der Waals surface area contributed by atoms with Crippen LogP contribution in [0.4, 0.5) is 11.5 Å². The Hall–Kier alpha value is -1.62. The average Bonchev–Trinajstić information content (AvgIpc) is 2.59. The van der Waals surface area contributed by atoms with E-state index in [4.69, 9.17) is 0 Å². The first-order valence-corrected chi connectivity index (χ1v) is 8.35. The molecule has 0 unspecified atom stereocenters. The maximum absolute atomic E-state index is 4.65. The summed E-state index contributed by atoms with van der Waals surface area (Å²) < 4.78 is 0. The van der Waals surface area contributed by atoms with Gasteiger partial charge in [0.05, 0.1) is 0 Å². The molecular weight excluding hydrogens is 320 g/mol. The molecule has 1 aromatic carbocycles. The minimum atomic E-state index is 0. The van der Waals surface area contributed by atoms with Crippen LogP contribution in [0, 0.1) is 0 Å². The van der Waals surface area contributed by atoms with E-state index in [1.807, 2.05) is 24.4 Å². The second kappa shape index (κ2) is 8.47. The molecule has 0 aliphatic carbocycles. The molecule has 4 nitrogen and oxygen atoms in total. The molecule has 1 fully saturated rings. The van der Waals surface area contributed by atoms with E-state index in [9.17, 15) is 0 Å². The molecule has 2 heterocycles. The molecule has 130 valence electrons. The lowest BCUT2D eigenvalue weighted by Gasteiger charge is -2.39. The van der Waals surface area contributed by atoms with Crippen molar-refractivity contribution in [1.82, 2.24) is 15.2 Å². The number of para-hydroxylation sites is 1. The van der Waals surface area contributed by atoms with Crippen molar-refractivity contribution in [3.8, 4) is 0 Å². The fourth-order valence-electron chi connectivity index (χ4n) is 3.19. The van der Waals surface area contributed by atoms with Crippen molar-refractivity contribution in [2.45, 2.75) is 32.5 Å². The number of rotatable bonds is 4. The zero-order valence-corrected chi connectivity index (χ0v) is 15.5. The Morgan fingerprint density at radius 2 is 1.75 bits per heavy atom. The first-order valence-electron chi connectivity index (χ1n) is 8.35. The Kier molecular flexibility index (Phi) is 6.60. The number of nitrogens with zero attached hydrogens (tertiary/aromatic N) is 3. The lowest BCUT2D eigenvalue weighted by Crippen LogP contribution is -2.54. The quantitative estimate of drug-likeness (QED) is 0.918. The molecule has 0 bridgehead atoms. The molecule has 2 atom stereocenters. The highest BCUT2D eigenvalue weighted by molar-refractivity contribution is 5.85. The van der Waals surface area contributed by atoms with Gasteiger partial charge in [-0.2, -0.15) is 0 Å². The van der Waals surface area contributed by atoms with Crippen LogP contribution in [0.5, 0.6) is 0 Å². The smallest absolute Gasteiger partial charge is 0.132 e. The average molecular weight is 347 g/mol. The number of hydrogen-bond acceptors (Lipinski definition) is 4. The third kappa shape index (κ3) is 4.26. The van der Waals surface area contributed by atoms with Gasteiger partial charge in [-0.05, 0) is 37.6 Å². The Bertz CT molecular complexity index is 607. The van der Waals surface area contributed by atoms with Gasteiger partial charge in [0, 0.05) is 50.6 Å². The zero-order valence-electron chi connectivity index (χ0n) is 14.6. The van der Waals surface area contributed by atoms with Crippen LogP contribution in [0.1, 0.15) is 19.4 Å². The highest BCUT2D eigenvalue weighted by atomic mass is 35.5. The summed E-state index contributed by atoms with van der Waals surface area (Å²) >= 11 is 0. The van der Waals surface area contributed by atoms with E-state index in [1.165, 1.54) is 5.56 Å². The van der Waals surface area contributed by atoms with Crippen LogP contribution in [-0.4, -0.2) is 42.1 Å². The molecule has 3 rings (SSSR count). The molecule has 1 aliphatic rings. The minimum Gasteiger partial charge on any atom is -0.329 e. The van der Waals surface area contributed by atoms with E-state index in [-0.39, 0.29) is 12.4 Å². The van der Waals surface area contributed by atoms with Gasteiger partial charge in [-0.15, -0.1) is 12.4 Å². The number of pyridine rings is 1. The van der Waals surface area contributed by atoms with E-state index < -0.39 is 0 Å². The number of halogens is 1. The van der Waals surface area contributed by atoms with Crippen molar-refractivity contribution in [2.24, 2.45) is 0 Å². The monoisotopic (exact) mass is 346 g/mol. The van der Waals surface area contributed by atoms with Gasteiger partial charge < -0.3 is 10.2 Å². The summed E-state index contributed by atoms with van der Waals surface area (Å²) in [5.41, 5.74) is 2.42. The number of hydrogen-bond donors (Lipinski definition) is 1. The van der Waals surface area contributed by atoms with Crippen molar-refractivity contribution >= 4 is 23.9 Å². The van der Waals surface area contributed by atoms with Crippen LogP contribution >= 0.6 is 12.4 Å². The number of aromatic nitrogens is 1. The van der Waals surface area contributed by atoms with Gasteiger partial charge in [0.25, 0.3) is 0 Å². The molecule has 1 aliphatic heterocycles. The van der Waals surface area contributed by atoms with E-state index in [0.717, 1.165) is 31.1 Å². The lowest BCUT2D eigenvalue weighted by molar-refractivity contribution is 0.108. The molecule has 0 radical (unpaired) electrons. The van der Waals surface area contributed by atoms with E-state index in [2.05, 4.69) is 65.3 Å². The van der Waals surface area contributed by atoms with Gasteiger partial charge in [-0.25, -0.2) is 4.98 Å². The zero-order chi connectivity index (χ0) is 16.2. The SMILES string of the molecule is C[C@@H]1CNC[C@H](C)N1Cc1ccc(N(C)c2ccccc2)nc1.Cl. The molecule has 0 saturated carbocycles. The third-order valence-electron chi connectivity index (χ3n) is 4.67. The predicted molar refractivity (Wildman–Crippen MR) is 103 cm³/mol. The Labute approximate surface area is 151 Å².